The number of fused-ring (bicyclic) bond motifs is 8. The van der Waals surface area contributed by atoms with E-state index >= 15 is 0 Å². The van der Waals surface area contributed by atoms with Gasteiger partial charge in [-0.05, 0) is 90.7 Å². The number of hydrogen-bond acceptors (Lipinski definition) is 0. The zero-order chi connectivity index (χ0) is 14.5. The summed E-state index contributed by atoms with van der Waals surface area (Å²) in [5.41, 5.74) is 10.0. The predicted molar refractivity (Wildman–Crippen MR) is 94.1 cm³/mol. The Kier molecular flexibility index (Phi) is 2.93. The minimum atomic E-state index is 0.654. The van der Waals surface area contributed by atoms with Gasteiger partial charge in [-0.3, -0.25) is 0 Å². The summed E-state index contributed by atoms with van der Waals surface area (Å²) in [5.74, 6) is 1.40. The van der Waals surface area contributed by atoms with E-state index in [2.05, 4.69) is 36.5 Å². The molecule has 0 aliphatic heterocycles. The zero-order valence-corrected chi connectivity index (χ0v) is 13.3. The highest BCUT2D eigenvalue weighted by Gasteiger charge is 2.33. The van der Waals surface area contributed by atoms with Crippen molar-refractivity contribution in [3.63, 3.8) is 0 Å². The van der Waals surface area contributed by atoms with E-state index in [4.69, 9.17) is 0 Å². The Bertz CT molecular complexity index is 714. The Morgan fingerprint density at radius 1 is 0.727 bits per heavy atom. The molecule has 0 amide bonds. The topological polar surface area (TPSA) is 0 Å². The number of benzene rings is 1. The van der Waals surface area contributed by atoms with Gasteiger partial charge < -0.3 is 0 Å². The van der Waals surface area contributed by atoms with Crippen LogP contribution in [0.15, 0.2) is 24.3 Å². The van der Waals surface area contributed by atoms with Gasteiger partial charge in [-0.15, -0.1) is 0 Å². The van der Waals surface area contributed by atoms with E-state index in [1.165, 1.54) is 51.4 Å². The molecular formula is C22H24. The number of allylic oxidation sites excluding steroid dienone is 4. The van der Waals surface area contributed by atoms with Gasteiger partial charge in [0.25, 0.3) is 0 Å². The second kappa shape index (κ2) is 4.98. The SMILES string of the molecule is C1=Cc2c3c(c4c(c2CC1)CCCC4)C1C=CCCC1C=C3. The van der Waals surface area contributed by atoms with Crippen LogP contribution in [0.3, 0.4) is 0 Å². The van der Waals surface area contributed by atoms with Gasteiger partial charge in [-0.1, -0.05) is 36.5 Å². The van der Waals surface area contributed by atoms with Crippen LogP contribution in [0, 0.1) is 5.92 Å². The molecular weight excluding hydrogens is 264 g/mol. The summed E-state index contributed by atoms with van der Waals surface area (Å²) >= 11 is 0. The van der Waals surface area contributed by atoms with Gasteiger partial charge in [-0.2, -0.15) is 0 Å². The summed E-state index contributed by atoms with van der Waals surface area (Å²) in [7, 11) is 0. The van der Waals surface area contributed by atoms with Gasteiger partial charge in [-0.25, -0.2) is 0 Å². The lowest BCUT2D eigenvalue weighted by molar-refractivity contribution is 0.509. The third kappa shape index (κ3) is 1.76. The minimum Gasteiger partial charge on any atom is -0.0879 e. The van der Waals surface area contributed by atoms with Crippen LogP contribution in [0.1, 0.15) is 71.4 Å². The third-order valence-corrected chi connectivity index (χ3v) is 6.22. The lowest BCUT2D eigenvalue weighted by atomic mass is 9.67. The van der Waals surface area contributed by atoms with Crippen molar-refractivity contribution >= 4 is 12.2 Å². The van der Waals surface area contributed by atoms with Gasteiger partial charge in [0.2, 0.25) is 0 Å². The van der Waals surface area contributed by atoms with Crippen LogP contribution in [-0.2, 0) is 19.3 Å². The van der Waals surface area contributed by atoms with Crippen LogP contribution in [-0.4, -0.2) is 0 Å². The molecule has 0 saturated heterocycles. The van der Waals surface area contributed by atoms with Crippen LogP contribution in [0.25, 0.3) is 12.2 Å². The van der Waals surface area contributed by atoms with Crippen molar-refractivity contribution in [2.45, 2.75) is 57.3 Å². The first-order valence-corrected chi connectivity index (χ1v) is 9.15. The summed E-state index contributed by atoms with van der Waals surface area (Å²) in [4.78, 5) is 0. The summed E-state index contributed by atoms with van der Waals surface area (Å²) < 4.78 is 0. The maximum Gasteiger partial charge on any atom is 0.00900 e. The Morgan fingerprint density at radius 2 is 1.64 bits per heavy atom. The summed E-state index contributed by atoms with van der Waals surface area (Å²) in [6.07, 6.45) is 25.2. The van der Waals surface area contributed by atoms with E-state index in [0.717, 1.165) is 5.92 Å². The molecule has 0 radical (unpaired) electrons. The summed E-state index contributed by atoms with van der Waals surface area (Å²) in [6, 6.07) is 0. The maximum atomic E-state index is 2.52. The third-order valence-electron chi connectivity index (χ3n) is 6.22. The molecule has 4 aliphatic carbocycles. The molecule has 112 valence electrons. The van der Waals surface area contributed by atoms with Crippen molar-refractivity contribution in [1.29, 1.82) is 0 Å². The highest BCUT2D eigenvalue weighted by molar-refractivity contribution is 5.77. The molecule has 0 spiro atoms. The Balaban J connectivity index is 1.83. The van der Waals surface area contributed by atoms with E-state index < -0.39 is 0 Å². The Labute approximate surface area is 133 Å². The van der Waals surface area contributed by atoms with E-state index in [9.17, 15) is 0 Å². The molecule has 5 rings (SSSR count). The van der Waals surface area contributed by atoms with E-state index in [0.29, 0.717) is 5.92 Å². The molecule has 0 fully saturated rings. The average molecular weight is 288 g/mol. The first-order valence-electron chi connectivity index (χ1n) is 9.15. The molecule has 1 aromatic rings. The Hall–Kier alpha value is -1.56. The monoisotopic (exact) mass is 288 g/mol. The molecule has 0 saturated carbocycles. The van der Waals surface area contributed by atoms with Gasteiger partial charge in [0.1, 0.15) is 0 Å². The van der Waals surface area contributed by atoms with E-state index in [1.807, 2.05) is 0 Å². The zero-order valence-electron chi connectivity index (χ0n) is 13.3. The lowest BCUT2D eigenvalue weighted by Gasteiger charge is -2.37. The van der Waals surface area contributed by atoms with Crippen LogP contribution < -0.4 is 0 Å². The van der Waals surface area contributed by atoms with Crippen molar-refractivity contribution in [1.82, 2.24) is 0 Å². The fourth-order valence-electron chi connectivity index (χ4n) is 5.23. The van der Waals surface area contributed by atoms with E-state index in [-0.39, 0.29) is 0 Å². The summed E-state index contributed by atoms with van der Waals surface area (Å²) in [5, 5.41) is 0. The van der Waals surface area contributed by atoms with Crippen LogP contribution in [0.4, 0.5) is 0 Å². The molecule has 4 aliphatic rings. The molecule has 0 heterocycles. The van der Waals surface area contributed by atoms with Crippen molar-refractivity contribution in [2.24, 2.45) is 5.92 Å². The second-order valence-corrected chi connectivity index (χ2v) is 7.38. The normalized spacial score (nSPS) is 27.8. The quantitative estimate of drug-likeness (QED) is 0.545. The first kappa shape index (κ1) is 12.9. The largest absolute Gasteiger partial charge is 0.0879 e. The molecule has 0 nitrogen and oxygen atoms in total. The van der Waals surface area contributed by atoms with E-state index in [1.54, 1.807) is 33.4 Å². The molecule has 2 unspecified atom stereocenters. The second-order valence-electron chi connectivity index (χ2n) is 7.38. The number of hydrogen-bond donors (Lipinski definition) is 0. The molecule has 0 bridgehead atoms. The smallest absolute Gasteiger partial charge is 0.00900 e. The molecule has 22 heavy (non-hydrogen) atoms. The standard InChI is InChI=1S/C22H24/c1-2-8-16-15(7-1)13-14-21-19-11-4-3-9-17(19)18-10-5-6-12-20(18)22(16)21/h2,4,8,11,13-16H,1,3,5-7,9-10,12H2. The van der Waals surface area contributed by atoms with Crippen molar-refractivity contribution in [3.05, 3.63) is 57.7 Å². The van der Waals surface area contributed by atoms with Crippen molar-refractivity contribution in [3.8, 4) is 0 Å². The Morgan fingerprint density at radius 3 is 2.59 bits per heavy atom. The fraction of sp³-hybridized carbons (Fsp3) is 0.455. The van der Waals surface area contributed by atoms with Gasteiger partial charge in [0.15, 0.2) is 0 Å². The van der Waals surface area contributed by atoms with Gasteiger partial charge >= 0.3 is 0 Å². The highest BCUT2D eigenvalue weighted by Crippen LogP contribution is 2.47. The van der Waals surface area contributed by atoms with Gasteiger partial charge in [0, 0.05) is 5.92 Å². The van der Waals surface area contributed by atoms with Crippen LogP contribution in [0.5, 0.6) is 0 Å². The molecule has 1 aromatic carbocycles. The van der Waals surface area contributed by atoms with Crippen molar-refractivity contribution < 1.29 is 0 Å². The van der Waals surface area contributed by atoms with Gasteiger partial charge in [0.05, 0.1) is 0 Å². The maximum absolute atomic E-state index is 2.52. The van der Waals surface area contributed by atoms with Crippen LogP contribution in [0.2, 0.25) is 0 Å². The number of rotatable bonds is 0. The summed E-state index contributed by atoms with van der Waals surface area (Å²) in [6.45, 7) is 0. The predicted octanol–water partition coefficient (Wildman–Crippen LogP) is 5.60. The highest BCUT2D eigenvalue weighted by atomic mass is 14.4. The lowest BCUT2D eigenvalue weighted by Crippen LogP contribution is -2.23. The van der Waals surface area contributed by atoms with Crippen molar-refractivity contribution in [2.75, 3.05) is 0 Å². The van der Waals surface area contributed by atoms with Crippen LogP contribution >= 0.6 is 0 Å². The molecule has 0 N–H and O–H groups in total. The minimum absolute atomic E-state index is 0.654. The fourth-order valence-corrected chi connectivity index (χ4v) is 5.23. The molecule has 2 atom stereocenters. The average Bonchev–Trinajstić information content (AvgIpc) is 2.61. The first-order chi connectivity index (χ1) is 10.9. The molecule has 0 heteroatoms. The molecule has 0 aromatic heterocycles.